The number of hydrogen-bond donors (Lipinski definition) is 6. The number of anilines is 1. The lowest BCUT2D eigenvalue weighted by Crippen LogP contribution is -2.50. The summed E-state index contributed by atoms with van der Waals surface area (Å²) in [6, 6.07) is 3.30. The molecule has 3 amide bonds. The number of aliphatic carboxylic acids is 1. The zero-order valence-corrected chi connectivity index (χ0v) is 19.0. The highest BCUT2D eigenvalue weighted by atomic mass is 19.4. The number of carbonyl (C=O) groups is 4. The number of carboxylic acids is 1. The number of nitrogens with zero attached hydrogens (tertiary/aromatic N) is 1. The summed E-state index contributed by atoms with van der Waals surface area (Å²) in [5.74, 6) is -3.66. The molecule has 0 aliphatic carbocycles. The van der Waals surface area contributed by atoms with E-state index >= 15 is 0 Å². The van der Waals surface area contributed by atoms with Crippen LogP contribution in [0.5, 0.6) is 0 Å². The molecule has 34 heavy (non-hydrogen) atoms. The highest BCUT2D eigenvalue weighted by Crippen LogP contribution is 2.18. The lowest BCUT2D eigenvalue weighted by Gasteiger charge is -2.20. The highest BCUT2D eigenvalue weighted by molar-refractivity contribution is 5.97. The van der Waals surface area contributed by atoms with Crippen molar-refractivity contribution < 1.29 is 47.7 Å². The molecule has 0 saturated carbocycles. The molecule has 7 N–H and O–H groups in total. The maximum atomic E-state index is 12.3. The number of benzene rings is 1. The first-order valence-electron chi connectivity index (χ1n) is 9.84. The fraction of sp³-hybridized carbons (Fsp3) is 0.500. The molecule has 192 valence electrons. The van der Waals surface area contributed by atoms with Crippen molar-refractivity contribution in [2.45, 2.75) is 52.2 Å². The molecule has 0 heterocycles. The van der Waals surface area contributed by atoms with Crippen molar-refractivity contribution in [1.29, 1.82) is 0 Å². The van der Waals surface area contributed by atoms with Gasteiger partial charge < -0.3 is 36.6 Å². The van der Waals surface area contributed by atoms with Crippen LogP contribution in [0.2, 0.25) is 0 Å². The van der Waals surface area contributed by atoms with Crippen LogP contribution in [0.1, 0.15) is 31.9 Å². The second-order valence-electron chi connectivity index (χ2n) is 7.57. The predicted molar refractivity (Wildman–Crippen MR) is 115 cm³/mol. The van der Waals surface area contributed by atoms with Gasteiger partial charge in [0.25, 0.3) is 0 Å². The SMILES string of the molecule is CC(NC(=O)C(N)C(C)C)C(=O)Nc1ccc(CO)c(CN(C)C(=O)O)c1.O=C(O)C(F)(F)F. The van der Waals surface area contributed by atoms with E-state index in [1.807, 2.05) is 13.8 Å². The Morgan fingerprint density at radius 1 is 1.06 bits per heavy atom. The molecule has 1 rings (SSSR count). The lowest BCUT2D eigenvalue weighted by atomic mass is 10.0. The van der Waals surface area contributed by atoms with Gasteiger partial charge in [-0.15, -0.1) is 0 Å². The predicted octanol–water partition coefficient (Wildman–Crippen LogP) is 1.35. The number of nitrogens with two attached hydrogens (primary N) is 1. The summed E-state index contributed by atoms with van der Waals surface area (Å²) in [4.78, 5) is 45.3. The van der Waals surface area contributed by atoms with Gasteiger partial charge in [0.15, 0.2) is 0 Å². The number of aliphatic hydroxyl groups is 1. The first-order chi connectivity index (χ1) is 15.5. The molecule has 0 fully saturated rings. The zero-order valence-electron chi connectivity index (χ0n) is 19.0. The van der Waals surface area contributed by atoms with Crippen molar-refractivity contribution in [3.8, 4) is 0 Å². The second-order valence-corrected chi connectivity index (χ2v) is 7.57. The number of nitrogens with one attached hydrogen (secondary N) is 2. The van der Waals surface area contributed by atoms with Gasteiger partial charge in [-0.25, -0.2) is 9.59 Å². The largest absolute Gasteiger partial charge is 0.490 e. The van der Waals surface area contributed by atoms with Crippen LogP contribution in [0.3, 0.4) is 0 Å². The highest BCUT2D eigenvalue weighted by Gasteiger charge is 2.38. The smallest absolute Gasteiger partial charge is 0.475 e. The molecular formula is C20H29F3N4O7. The number of aliphatic hydroxyl groups excluding tert-OH is 1. The minimum atomic E-state index is -5.08. The van der Waals surface area contributed by atoms with E-state index in [4.69, 9.17) is 20.7 Å². The second kappa shape index (κ2) is 13.3. The first-order valence-corrected chi connectivity index (χ1v) is 9.84. The Kier molecular flexibility index (Phi) is 12.0. The van der Waals surface area contributed by atoms with Crippen molar-refractivity contribution in [2.75, 3.05) is 12.4 Å². The van der Waals surface area contributed by atoms with Crippen molar-refractivity contribution in [3.05, 3.63) is 29.3 Å². The molecule has 2 unspecified atom stereocenters. The van der Waals surface area contributed by atoms with Crippen LogP contribution in [-0.2, 0) is 27.5 Å². The Morgan fingerprint density at radius 3 is 2.00 bits per heavy atom. The van der Waals surface area contributed by atoms with Crippen molar-refractivity contribution in [2.24, 2.45) is 11.7 Å². The normalized spacial score (nSPS) is 12.6. The third-order valence-electron chi connectivity index (χ3n) is 4.39. The third-order valence-corrected chi connectivity index (χ3v) is 4.39. The zero-order chi connectivity index (χ0) is 26.8. The standard InChI is InChI=1S/C18H28N4O5.C2HF3O2/c1-10(2)15(19)17(25)20-11(3)16(24)21-14-6-5-12(9-23)13(7-14)8-22(4)18(26)27;3-2(4,5)1(6)7/h5-7,10-11,15,23H,8-9,19H2,1-4H3,(H,20,25)(H,21,24)(H,26,27);(H,6,7). The quantitative estimate of drug-likeness (QED) is 0.313. The van der Waals surface area contributed by atoms with Crippen molar-refractivity contribution in [3.63, 3.8) is 0 Å². The summed E-state index contributed by atoms with van der Waals surface area (Å²) in [7, 11) is 1.41. The van der Waals surface area contributed by atoms with E-state index in [1.165, 1.54) is 7.05 Å². The van der Waals surface area contributed by atoms with E-state index in [2.05, 4.69) is 10.6 Å². The maximum Gasteiger partial charge on any atom is 0.490 e. The topological polar surface area (TPSA) is 182 Å². The van der Waals surface area contributed by atoms with Crippen LogP contribution in [-0.4, -0.2) is 69.4 Å². The van der Waals surface area contributed by atoms with Crippen molar-refractivity contribution in [1.82, 2.24) is 10.2 Å². The molecule has 0 aromatic heterocycles. The third kappa shape index (κ3) is 10.5. The van der Waals surface area contributed by atoms with E-state index in [-0.39, 0.29) is 19.1 Å². The summed E-state index contributed by atoms with van der Waals surface area (Å²) >= 11 is 0. The number of rotatable bonds is 8. The molecule has 0 saturated heterocycles. The number of carbonyl (C=O) groups excluding carboxylic acids is 2. The van der Waals surface area contributed by atoms with E-state index < -0.39 is 42.1 Å². The fourth-order valence-electron chi connectivity index (χ4n) is 2.26. The van der Waals surface area contributed by atoms with Gasteiger partial charge in [0.1, 0.15) is 6.04 Å². The van der Waals surface area contributed by atoms with Gasteiger partial charge in [-0.1, -0.05) is 19.9 Å². The summed E-state index contributed by atoms with van der Waals surface area (Å²) < 4.78 is 31.7. The van der Waals surface area contributed by atoms with Gasteiger partial charge in [-0.2, -0.15) is 13.2 Å². The van der Waals surface area contributed by atoms with Crippen LogP contribution in [0.25, 0.3) is 0 Å². The fourth-order valence-corrected chi connectivity index (χ4v) is 2.26. The van der Waals surface area contributed by atoms with Crippen LogP contribution in [0.15, 0.2) is 18.2 Å². The van der Waals surface area contributed by atoms with E-state index in [9.17, 15) is 32.7 Å². The summed E-state index contributed by atoms with van der Waals surface area (Å²) in [6.07, 6.45) is -6.19. The van der Waals surface area contributed by atoms with E-state index in [1.54, 1.807) is 25.1 Å². The average Bonchev–Trinajstić information content (AvgIpc) is 2.72. The van der Waals surface area contributed by atoms with Gasteiger partial charge >= 0.3 is 18.2 Å². The Balaban J connectivity index is 0.00000135. The number of amides is 3. The van der Waals surface area contributed by atoms with Gasteiger partial charge in [0, 0.05) is 19.3 Å². The lowest BCUT2D eigenvalue weighted by molar-refractivity contribution is -0.192. The summed E-state index contributed by atoms with van der Waals surface area (Å²) in [5, 5.41) is 30.8. The Bertz CT molecular complexity index is 878. The minimum Gasteiger partial charge on any atom is -0.475 e. The molecule has 11 nitrogen and oxygen atoms in total. The van der Waals surface area contributed by atoms with Gasteiger partial charge in [-0.3, -0.25) is 9.59 Å². The molecule has 0 radical (unpaired) electrons. The number of carboxylic acid groups (broad SMARTS) is 2. The molecule has 1 aromatic rings. The molecular weight excluding hydrogens is 465 g/mol. The monoisotopic (exact) mass is 494 g/mol. The van der Waals surface area contributed by atoms with Crippen LogP contribution < -0.4 is 16.4 Å². The molecule has 0 aliphatic rings. The Hall–Kier alpha value is -3.39. The minimum absolute atomic E-state index is 0.0555. The van der Waals surface area contributed by atoms with Crippen LogP contribution in [0.4, 0.5) is 23.7 Å². The Labute approximate surface area is 193 Å². The molecule has 1 aromatic carbocycles. The van der Waals surface area contributed by atoms with Gasteiger partial charge in [0.05, 0.1) is 12.6 Å². The molecule has 2 atom stereocenters. The molecule has 0 spiro atoms. The van der Waals surface area contributed by atoms with Crippen LogP contribution >= 0.6 is 0 Å². The maximum absolute atomic E-state index is 12.3. The average molecular weight is 494 g/mol. The number of hydrogen-bond acceptors (Lipinski definition) is 6. The molecule has 14 heteroatoms. The van der Waals surface area contributed by atoms with E-state index in [0.717, 1.165) is 4.90 Å². The summed E-state index contributed by atoms with van der Waals surface area (Å²) in [6.45, 7) is 4.98. The van der Waals surface area contributed by atoms with Gasteiger partial charge in [0.2, 0.25) is 11.8 Å². The van der Waals surface area contributed by atoms with Gasteiger partial charge in [-0.05, 0) is 36.1 Å². The Morgan fingerprint density at radius 2 is 1.59 bits per heavy atom. The summed E-state index contributed by atoms with van der Waals surface area (Å²) in [5.41, 5.74) is 7.32. The molecule has 0 aliphatic heterocycles. The van der Waals surface area contributed by atoms with Crippen LogP contribution in [0, 0.1) is 5.92 Å². The van der Waals surface area contributed by atoms with Crippen molar-refractivity contribution >= 4 is 29.6 Å². The van der Waals surface area contributed by atoms with E-state index in [0.29, 0.717) is 16.8 Å². The molecule has 0 bridgehead atoms. The number of alkyl halides is 3. The first kappa shape index (κ1) is 30.6. The number of halogens is 3.